The van der Waals surface area contributed by atoms with E-state index in [0.29, 0.717) is 11.9 Å². The van der Waals surface area contributed by atoms with Gasteiger partial charge >= 0.3 is 11.9 Å². The van der Waals surface area contributed by atoms with Gasteiger partial charge < -0.3 is 9.30 Å². The number of alkyl halides is 3. The average molecular weight is 301 g/mol. The topological polar surface area (TPSA) is 70.2 Å². The third-order valence-electron chi connectivity index (χ3n) is 2.76. The molecule has 112 valence electrons. The van der Waals surface area contributed by atoms with Gasteiger partial charge in [-0.2, -0.15) is 13.2 Å². The molecule has 0 bridgehead atoms. The summed E-state index contributed by atoms with van der Waals surface area (Å²) in [7, 11) is 1.70. The number of aromatic nitrogens is 2. The van der Waals surface area contributed by atoms with Gasteiger partial charge in [0.25, 0.3) is 0 Å². The van der Waals surface area contributed by atoms with Crippen molar-refractivity contribution in [2.45, 2.75) is 12.8 Å². The summed E-state index contributed by atoms with van der Waals surface area (Å²) in [5.41, 5.74) is -1.84. The van der Waals surface area contributed by atoms with Crippen LogP contribution in [0.15, 0.2) is 30.6 Å². The summed E-state index contributed by atoms with van der Waals surface area (Å²) < 4.78 is 44.5. The van der Waals surface area contributed by atoms with Crippen molar-refractivity contribution >= 4 is 5.69 Å². The van der Waals surface area contributed by atoms with Crippen LogP contribution in [0.4, 0.5) is 18.9 Å². The Hall–Kier alpha value is -2.58. The fourth-order valence-corrected chi connectivity index (χ4v) is 1.64. The molecule has 0 aliphatic rings. The fourth-order valence-electron chi connectivity index (χ4n) is 1.64. The van der Waals surface area contributed by atoms with Crippen LogP contribution in [0.25, 0.3) is 0 Å². The molecule has 9 heteroatoms. The van der Waals surface area contributed by atoms with Crippen molar-refractivity contribution in [1.82, 2.24) is 9.55 Å². The third-order valence-corrected chi connectivity index (χ3v) is 2.76. The van der Waals surface area contributed by atoms with Crippen molar-refractivity contribution in [2.75, 3.05) is 0 Å². The molecular weight excluding hydrogens is 291 g/mol. The zero-order valence-electron chi connectivity index (χ0n) is 10.8. The zero-order chi connectivity index (χ0) is 15.6. The Labute approximate surface area is 116 Å². The van der Waals surface area contributed by atoms with Crippen molar-refractivity contribution in [3.05, 3.63) is 52.1 Å². The normalized spacial score (nSPS) is 11.4. The van der Waals surface area contributed by atoms with Gasteiger partial charge in [0.05, 0.1) is 10.5 Å². The summed E-state index contributed by atoms with van der Waals surface area (Å²) in [6.07, 6.45) is -1.48. The van der Waals surface area contributed by atoms with E-state index >= 15 is 0 Å². The van der Waals surface area contributed by atoms with E-state index in [1.54, 1.807) is 17.8 Å². The fraction of sp³-hybridized carbons (Fsp3) is 0.250. The number of hydrogen-bond acceptors (Lipinski definition) is 4. The number of hydrogen-bond donors (Lipinski definition) is 0. The van der Waals surface area contributed by atoms with Crippen molar-refractivity contribution < 1.29 is 22.8 Å². The zero-order valence-corrected chi connectivity index (χ0v) is 10.8. The lowest BCUT2D eigenvalue weighted by molar-refractivity contribution is -0.386. The predicted molar refractivity (Wildman–Crippen MR) is 65.6 cm³/mol. The minimum Gasteiger partial charge on any atom is -0.479 e. The van der Waals surface area contributed by atoms with E-state index in [0.717, 1.165) is 12.1 Å². The van der Waals surface area contributed by atoms with Gasteiger partial charge in [0, 0.05) is 25.5 Å². The molecule has 0 spiro atoms. The Morgan fingerprint density at radius 1 is 1.43 bits per heavy atom. The summed E-state index contributed by atoms with van der Waals surface area (Å²) in [6.45, 7) is -0.0876. The molecule has 0 atom stereocenters. The van der Waals surface area contributed by atoms with Gasteiger partial charge in [0.1, 0.15) is 12.4 Å². The Morgan fingerprint density at radius 3 is 2.67 bits per heavy atom. The van der Waals surface area contributed by atoms with Crippen molar-refractivity contribution in [1.29, 1.82) is 0 Å². The van der Waals surface area contributed by atoms with Gasteiger partial charge in [-0.05, 0) is 12.1 Å². The highest BCUT2D eigenvalue weighted by atomic mass is 19.4. The molecule has 0 amide bonds. The number of halogens is 3. The van der Waals surface area contributed by atoms with Gasteiger partial charge in [-0.3, -0.25) is 10.1 Å². The van der Waals surface area contributed by atoms with Crippen LogP contribution >= 0.6 is 0 Å². The molecule has 1 heterocycles. The lowest BCUT2D eigenvalue weighted by Gasteiger charge is -2.10. The highest BCUT2D eigenvalue weighted by Crippen LogP contribution is 2.36. The van der Waals surface area contributed by atoms with Crippen molar-refractivity contribution in [3.8, 4) is 5.75 Å². The second-order valence-corrected chi connectivity index (χ2v) is 4.18. The number of nitro benzene ring substituents is 1. The van der Waals surface area contributed by atoms with Crippen LogP contribution < -0.4 is 4.74 Å². The SMILES string of the molecule is Cn1ccnc1COc1ccc(C(F)(F)F)cc1[N+](=O)[O-]. The number of imidazole rings is 1. The second kappa shape index (κ2) is 5.43. The molecule has 2 aromatic rings. The van der Waals surface area contributed by atoms with Gasteiger partial charge in [0.15, 0.2) is 5.75 Å². The molecule has 1 aromatic heterocycles. The highest BCUT2D eigenvalue weighted by Gasteiger charge is 2.33. The first-order valence-corrected chi connectivity index (χ1v) is 5.73. The summed E-state index contributed by atoms with van der Waals surface area (Å²) in [5.74, 6) is 0.250. The number of ether oxygens (including phenoxy) is 1. The van der Waals surface area contributed by atoms with Gasteiger partial charge in [-0.1, -0.05) is 0 Å². The largest absolute Gasteiger partial charge is 0.479 e. The molecule has 0 fully saturated rings. The summed E-state index contributed by atoms with van der Waals surface area (Å²) in [6, 6.07) is 2.12. The molecule has 1 aromatic carbocycles. The van der Waals surface area contributed by atoms with Crippen LogP contribution in [-0.4, -0.2) is 14.5 Å². The van der Waals surface area contributed by atoms with E-state index in [1.807, 2.05) is 0 Å². The maximum absolute atomic E-state index is 12.5. The smallest absolute Gasteiger partial charge is 0.416 e. The van der Waals surface area contributed by atoms with Crippen LogP contribution in [-0.2, 0) is 19.8 Å². The van der Waals surface area contributed by atoms with Crippen LogP contribution in [0.3, 0.4) is 0 Å². The maximum atomic E-state index is 12.5. The van der Waals surface area contributed by atoms with Gasteiger partial charge in [-0.15, -0.1) is 0 Å². The van der Waals surface area contributed by atoms with Gasteiger partial charge in [0.2, 0.25) is 0 Å². The van der Waals surface area contributed by atoms with E-state index in [2.05, 4.69) is 4.98 Å². The molecule has 0 saturated heterocycles. The summed E-state index contributed by atoms with van der Waals surface area (Å²) in [4.78, 5) is 13.9. The molecule has 0 saturated carbocycles. The monoisotopic (exact) mass is 301 g/mol. The summed E-state index contributed by atoms with van der Waals surface area (Å²) >= 11 is 0. The second-order valence-electron chi connectivity index (χ2n) is 4.18. The predicted octanol–water partition coefficient (Wildman–Crippen LogP) is 2.93. The number of nitro groups is 1. The molecule has 0 N–H and O–H groups in total. The Bertz CT molecular complexity index is 667. The van der Waals surface area contributed by atoms with Crippen LogP contribution in [0, 0.1) is 10.1 Å². The lowest BCUT2D eigenvalue weighted by Crippen LogP contribution is -2.08. The quantitative estimate of drug-likeness (QED) is 0.643. The van der Waals surface area contributed by atoms with Crippen LogP contribution in [0.5, 0.6) is 5.75 Å². The highest BCUT2D eigenvalue weighted by molar-refractivity contribution is 5.49. The first kappa shape index (κ1) is 14.8. The molecule has 0 aliphatic heterocycles. The number of rotatable bonds is 4. The van der Waals surface area contributed by atoms with Crippen LogP contribution in [0.2, 0.25) is 0 Å². The van der Waals surface area contributed by atoms with E-state index in [1.165, 1.54) is 6.20 Å². The molecule has 0 radical (unpaired) electrons. The first-order chi connectivity index (χ1) is 9.79. The summed E-state index contributed by atoms with van der Waals surface area (Å²) in [5, 5.41) is 10.9. The molecule has 6 nitrogen and oxygen atoms in total. The number of nitrogens with zero attached hydrogens (tertiary/aromatic N) is 3. The Kier molecular flexibility index (Phi) is 3.83. The van der Waals surface area contributed by atoms with E-state index in [9.17, 15) is 23.3 Å². The third kappa shape index (κ3) is 3.30. The molecule has 0 unspecified atom stereocenters. The Morgan fingerprint density at radius 2 is 2.14 bits per heavy atom. The Balaban J connectivity index is 2.27. The van der Waals surface area contributed by atoms with E-state index < -0.39 is 22.4 Å². The molecule has 21 heavy (non-hydrogen) atoms. The molecule has 2 rings (SSSR count). The van der Waals surface area contributed by atoms with Crippen LogP contribution in [0.1, 0.15) is 11.4 Å². The lowest BCUT2D eigenvalue weighted by atomic mass is 10.2. The van der Waals surface area contributed by atoms with Crippen molar-refractivity contribution in [3.63, 3.8) is 0 Å². The first-order valence-electron chi connectivity index (χ1n) is 5.73. The standard InChI is InChI=1S/C12H10F3N3O3/c1-17-5-4-16-11(17)7-21-10-3-2-8(12(13,14)15)6-9(10)18(19)20/h2-6H,7H2,1H3. The number of benzene rings is 1. The minimum atomic E-state index is -4.65. The molecule has 0 aliphatic carbocycles. The number of aryl methyl sites for hydroxylation is 1. The maximum Gasteiger partial charge on any atom is 0.416 e. The van der Waals surface area contributed by atoms with E-state index in [4.69, 9.17) is 4.74 Å². The molecular formula is C12H10F3N3O3. The average Bonchev–Trinajstić information content (AvgIpc) is 2.80. The van der Waals surface area contributed by atoms with Gasteiger partial charge in [-0.25, -0.2) is 4.98 Å². The van der Waals surface area contributed by atoms with Crippen molar-refractivity contribution in [2.24, 2.45) is 7.05 Å². The van der Waals surface area contributed by atoms with E-state index in [-0.39, 0.29) is 12.4 Å². The minimum absolute atomic E-state index is 0.0876.